The van der Waals surface area contributed by atoms with Crippen molar-refractivity contribution in [1.82, 2.24) is 10.3 Å². The van der Waals surface area contributed by atoms with Gasteiger partial charge < -0.3 is 10.1 Å². The Bertz CT molecular complexity index is 458. The summed E-state index contributed by atoms with van der Waals surface area (Å²) in [5.74, 6) is 1.20. The first-order chi connectivity index (χ1) is 10.0. The minimum atomic E-state index is -0.142. The molecule has 0 bridgehead atoms. The van der Waals surface area contributed by atoms with Crippen molar-refractivity contribution in [3.05, 3.63) is 15.6 Å². The second kappa shape index (κ2) is 7.21. The molecule has 3 nitrogen and oxygen atoms in total. The molecule has 120 valence electrons. The Kier molecular flexibility index (Phi) is 5.81. The lowest BCUT2D eigenvalue weighted by Gasteiger charge is -2.37. The molecule has 1 aliphatic rings. The first-order valence-corrected chi connectivity index (χ1v) is 9.10. The molecule has 1 fully saturated rings. The predicted octanol–water partition coefficient (Wildman–Crippen LogP) is 4.43. The molecule has 1 aromatic heterocycles. The highest BCUT2D eigenvalue weighted by atomic mass is 32.1. The maximum atomic E-state index is 6.02. The summed E-state index contributed by atoms with van der Waals surface area (Å²) < 4.78 is 6.02. The van der Waals surface area contributed by atoms with Gasteiger partial charge in [-0.1, -0.05) is 34.1 Å². The van der Waals surface area contributed by atoms with Gasteiger partial charge in [0, 0.05) is 18.5 Å². The van der Waals surface area contributed by atoms with Crippen LogP contribution in [0.2, 0.25) is 0 Å². The summed E-state index contributed by atoms with van der Waals surface area (Å²) in [4.78, 5) is 6.40. The molecule has 4 heteroatoms. The summed E-state index contributed by atoms with van der Waals surface area (Å²) in [6.45, 7) is 10.9. The molecule has 0 spiro atoms. The van der Waals surface area contributed by atoms with E-state index in [2.05, 4.69) is 33.0 Å². The van der Waals surface area contributed by atoms with E-state index in [4.69, 9.17) is 9.72 Å². The highest BCUT2D eigenvalue weighted by molar-refractivity contribution is 7.11. The van der Waals surface area contributed by atoms with Crippen LogP contribution < -0.4 is 5.32 Å². The van der Waals surface area contributed by atoms with E-state index in [1.807, 2.05) is 18.4 Å². The largest absolute Gasteiger partial charge is 0.371 e. The number of aromatic nitrogens is 1. The molecule has 1 N–H and O–H groups in total. The van der Waals surface area contributed by atoms with Crippen molar-refractivity contribution < 1.29 is 4.74 Å². The first-order valence-electron chi connectivity index (χ1n) is 8.28. The molecule has 0 saturated heterocycles. The normalized spacial score (nSPS) is 26.5. The quantitative estimate of drug-likeness (QED) is 0.844. The third-order valence-corrected chi connectivity index (χ3v) is 5.80. The van der Waals surface area contributed by atoms with Gasteiger partial charge in [0.2, 0.25) is 0 Å². The van der Waals surface area contributed by atoms with E-state index < -0.39 is 0 Å². The van der Waals surface area contributed by atoms with Crippen LogP contribution in [0, 0.1) is 5.92 Å². The standard InChI is InChI=1S/C17H30N2OS/c1-6-18-11-14-15(12(2)3)19-16(21-14)17(20-5)9-7-8-13(4)10-17/h12-13,18H,6-11H2,1-5H3. The van der Waals surface area contributed by atoms with Gasteiger partial charge in [-0.25, -0.2) is 4.98 Å². The molecule has 1 heterocycles. The molecule has 2 atom stereocenters. The molecule has 1 saturated carbocycles. The van der Waals surface area contributed by atoms with E-state index in [-0.39, 0.29) is 5.60 Å². The maximum Gasteiger partial charge on any atom is 0.125 e. The number of nitrogens with one attached hydrogen (secondary N) is 1. The Morgan fingerprint density at radius 3 is 2.81 bits per heavy atom. The van der Waals surface area contributed by atoms with Crippen LogP contribution in [0.25, 0.3) is 0 Å². The molecular weight excluding hydrogens is 280 g/mol. The lowest BCUT2D eigenvalue weighted by molar-refractivity contribution is -0.0581. The second-order valence-corrected chi connectivity index (χ2v) is 7.75. The van der Waals surface area contributed by atoms with Crippen molar-refractivity contribution in [1.29, 1.82) is 0 Å². The van der Waals surface area contributed by atoms with Gasteiger partial charge in [0.15, 0.2) is 0 Å². The minimum Gasteiger partial charge on any atom is -0.371 e. The number of methoxy groups -OCH3 is 1. The predicted molar refractivity (Wildman–Crippen MR) is 89.9 cm³/mol. The lowest BCUT2D eigenvalue weighted by Crippen LogP contribution is -2.34. The van der Waals surface area contributed by atoms with Crippen LogP contribution in [-0.2, 0) is 16.9 Å². The number of hydrogen-bond acceptors (Lipinski definition) is 4. The Hall–Kier alpha value is -0.450. The third kappa shape index (κ3) is 3.66. The van der Waals surface area contributed by atoms with Crippen molar-refractivity contribution in [3.8, 4) is 0 Å². The second-order valence-electron chi connectivity index (χ2n) is 6.66. The molecule has 0 aromatic carbocycles. The summed E-state index contributed by atoms with van der Waals surface area (Å²) in [5.41, 5.74) is 1.11. The monoisotopic (exact) mass is 310 g/mol. The van der Waals surface area contributed by atoms with Gasteiger partial charge in [-0.2, -0.15) is 0 Å². The summed E-state index contributed by atoms with van der Waals surface area (Å²) in [7, 11) is 1.86. The number of ether oxygens (including phenoxy) is 1. The molecular formula is C17H30N2OS. The van der Waals surface area contributed by atoms with Gasteiger partial charge in [0.05, 0.1) is 5.69 Å². The van der Waals surface area contributed by atoms with Crippen LogP contribution >= 0.6 is 11.3 Å². The Morgan fingerprint density at radius 2 is 2.24 bits per heavy atom. The molecule has 21 heavy (non-hydrogen) atoms. The van der Waals surface area contributed by atoms with Gasteiger partial charge in [-0.15, -0.1) is 11.3 Å². The third-order valence-electron chi connectivity index (χ3n) is 4.55. The van der Waals surface area contributed by atoms with Crippen molar-refractivity contribution in [3.63, 3.8) is 0 Å². The lowest BCUT2D eigenvalue weighted by atomic mass is 9.79. The SMILES string of the molecule is CCNCc1sc(C2(OC)CCCC(C)C2)nc1C(C)C. The minimum absolute atomic E-state index is 0.142. The van der Waals surface area contributed by atoms with Gasteiger partial charge in [-0.05, 0) is 37.6 Å². The van der Waals surface area contributed by atoms with E-state index in [1.165, 1.54) is 28.4 Å². The maximum absolute atomic E-state index is 6.02. The van der Waals surface area contributed by atoms with Crippen LogP contribution in [0.5, 0.6) is 0 Å². The summed E-state index contributed by atoms with van der Waals surface area (Å²) in [6, 6.07) is 0. The smallest absolute Gasteiger partial charge is 0.125 e. The van der Waals surface area contributed by atoms with E-state index in [0.717, 1.165) is 31.8 Å². The number of hydrogen-bond donors (Lipinski definition) is 1. The summed E-state index contributed by atoms with van der Waals surface area (Å²) in [5, 5.41) is 4.65. The van der Waals surface area contributed by atoms with E-state index >= 15 is 0 Å². The van der Waals surface area contributed by atoms with Crippen molar-refractivity contribution in [2.75, 3.05) is 13.7 Å². The van der Waals surface area contributed by atoms with Crippen molar-refractivity contribution in [2.24, 2.45) is 5.92 Å². The first kappa shape index (κ1) is 16.9. The zero-order valence-electron chi connectivity index (χ0n) is 14.2. The average Bonchev–Trinajstić information content (AvgIpc) is 2.89. The molecule has 1 aromatic rings. The van der Waals surface area contributed by atoms with Gasteiger partial charge in [0.1, 0.15) is 10.6 Å². The van der Waals surface area contributed by atoms with E-state index in [0.29, 0.717) is 5.92 Å². The Labute approximate surface area is 133 Å². The number of nitrogens with zero attached hydrogens (tertiary/aromatic N) is 1. The van der Waals surface area contributed by atoms with Crippen molar-refractivity contribution in [2.45, 2.75) is 71.4 Å². The Balaban J connectivity index is 2.33. The highest BCUT2D eigenvalue weighted by Crippen LogP contribution is 2.45. The van der Waals surface area contributed by atoms with Gasteiger partial charge >= 0.3 is 0 Å². The number of thiazole rings is 1. The molecule has 0 radical (unpaired) electrons. The fourth-order valence-electron chi connectivity index (χ4n) is 3.34. The highest BCUT2D eigenvalue weighted by Gasteiger charge is 2.40. The van der Waals surface area contributed by atoms with Crippen LogP contribution in [-0.4, -0.2) is 18.6 Å². The fraction of sp³-hybridized carbons (Fsp3) is 0.824. The molecule has 2 unspecified atom stereocenters. The molecule has 1 aliphatic carbocycles. The van der Waals surface area contributed by atoms with Crippen LogP contribution in [0.15, 0.2) is 0 Å². The van der Waals surface area contributed by atoms with E-state index in [9.17, 15) is 0 Å². The molecule has 0 amide bonds. The summed E-state index contributed by atoms with van der Waals surface area (Å²) >= 11 is 1.86. The van der Waals surface area contributed by atoms with E-state index in [1.54, 1.807) is 0 Å². The molecule has 2 rings (SSSR count). The van der Waals surface area contributed by atoms with Crippen LogP contribution in [0.1, 0.15) is 74.9 Å². The van der Waals surface area contributed by atoms with Crippen LogP contribution in [0.3, 0.4) is 0 Å². The average molecular weight is 311 g/mol. The van der Waals surface area contributed by atoms with Crippen LogP contribution in [0.4, 0.5) is 0 Å². The summed E-state index contributed by atoms with van der Waals surface area (Å²) in [6.07, 6.45) is 4.78. The van der Waals surface area contributed by atoms with Crippen molar-refractivity contribution >= 4 is 11.3 Å². The fourth-order valence-corrected chi connectivity index (χ4v) is 4.74. The zero-order chi connectivity index (χ0) is 15.5. The topological polar surface area (TPSA) is 34.1 Å². The Morgan fingerprint density at radius 1 is 1.48 bits per heavy atom. The number of rotatable bonds is 6. The molecule has 0 aliphatic heterocycles. The zero-order valence-corrected chi connectivity index (χ0v) is 15.0. The van der Waals surface area contributed by atoms with Gasteiger partial charge in [0.25, 0.3) is 0 Å². The van der Waals surface area contributed by atoms with Gasteiger partial charge in [-0.3, -0.25) is 0 Å².